The third kappa shape index (κ3) is 3.90. The van der Waals surface area contributed by atoms with Crippen molar-refractivity contribution in [2.45, 2.75) is 11.3 Å². The molecule has 2 aromatic rings. The van der Waals surface area contributed by atoms with Crippen molar-refractivity contribution in [3.8, 4) is 5.75 Å². The number of rotatable bonds is 5. The molecule has 0 N–H and O–H groups in total. The monoisotopic (exact) mass is 416 g/mol. The summed E-state index contributed by atoms with van der Waals surface area (Å²) >= 11 is 0. The van der Waals surface area contributed by atoms with Crippen molar-refractivity contribution in [1.29, 1.82) is 0 Å². The predicted molar refractivity (Wildman–Crippen MR) is 105 cm³/mol. The van der Waals surface area contributed by atoms with Crippen LogP contribution in [0.15, 0.2) is 64.6 Å². The van der Waals surface area contributed by atoms with Gasteiger partial charge in [-0.2, -0.15) is 4.31 Å². The number of carbonyl (C=O) groups excluding carboxylic acids is 1. The standard InChI is InChI=1S/C21H21FN2O4S/c1-28-19-6-2-15(3-7-19)10-21(25)23-11-16-13-24(14-17(16)12-23)29(26,27)20-8-4-18(22)5-9-20/h2-9H,10-14H2,1H3. The van der Waals surface area contributed by atoms with E-state index in [1.807, 2.05) is 24.3 Å². The number of carbonyl (C=O) groups is 1. The quantitative estimate of drug-likeness (QED) is 0.701. The zero-order chi connectivity index (χ0) is 20.6. The van der Waals surface area contributed by atoms with E-state index in [-0.39, 0.29) is 23.9 Å². The van der Waals surface area contributed by atoms with Crippen LogP contribution in [-0.4, -0.2) is 56.8 Å². The molecule has 4 rings (SSSR count). The minimum atomic E-state index is -3.68. The van der Waals surface area contributed by atoms with Gasteiger partial charge in [0, 0.05) is 26.2 Å². The minimum absolute atomic E-state index is 0.0116. The van der Waals surface area contributed by atoms with Crippen LogP contribution in [0.1, 0.15) is 5.56 Å². The molecule has 2 aromatic carbocycles. The zero-order valence-corrected chi connectivity index (χ0v) is 16.8. The van der Waals surface area contributed by atoms with Gasteiger partial charge in [-0.1, -0.05) is 12.1 Å². The highest BCUT2D eigenvalue weighted by Crippen LogP contribution is 2.30. The minimum Gasteiger partial charge on any atom is -0.497 e. The first-order valence-electron chi connectivity index (χ1n) is 9.23. The lowest BCUT2D eigenvalue weighted by Gasteiger charge is -2.23. The second-order valence-electron chi connectivity index (χ2n) is 7.21. The van der Waals surface area contributed by atoms with E-state index in [1.165, 1.54) is 16.4 Å². The summed E-state index contributed by atoms with van der Waals surface area (Å²) in [5.74, 6) is 0.278. The van der Waals surface area contributed by atoms with E-state index in [0.717, 1.165) is 34.6 Å². The molecule has 0 unspecified atom stereocenters. The van der Waals surface area contributed by atoms with Crippen LogP contribution < -0.4 is 4.74 Å². The SMILES string of the molecule is COc1ccc(CC(=O)N2CC3=C(C2)CN(S(=O)(=O)c2ccc(F)cc2)C3)cc1. The van der Waals surface area contributed by atoms with Gasteiger partial charge < -0.3 is 9.64 Å². The van der Waals surface area contributed by atoms with Crippen LogP contribution in [0.4, 0.5) is 4.39 Å². The molecule has 29 heavy (non-hydrogen) atoms. The number of ether oxygens (including phenoxy) is 1. The molecule has 1 amide bonds. The van der Waals surface area contributed by atoms with Gasteiger partial charge in [-0.25, -0.2) is 12.8 Å². The molecule has 0 spiro atoms. The largest absolute Gasteiger partial charge is 0.497 e. The Morgan fingerprint density at radius 1 is 0.966 bits per heavy atom. The first-order chi connectivity index (χ1) is 13.9. The normalized spacial score (nSPS) is 17.0. The molecule has 8 heteroatoms. The Balaban J connectivity index is 1.37. The number of sulfonamides is 1. The summed E-state index contributed by atoms with van der Waals surface area (Å²) in [4.78, 5) is 14.5. The van der Waals surface area contributed by atoms with E-state index < -0.39 is 15.8 Å². The van der Waals surface area contributed by atoms with Crippen molar-refractivity contribution in [2.75, 3.05) is 33.3 Å². The van der Waals surface area contributed by atoms with Crippen LogP contribution in [0.25, 0.3) is 0 Å². The Morgan fingerprint density at radius 2 is 1.55 bits per heavy atom. The Morgan fingerprint density at radius 3 is 2.10 bits per heavy atom. The highest BCUT2D eigenvalue weighted by atomic mass is 32.2. The van der Waals surface area contributed by atoms with E-state index >= 15 is 0 Å². The van der Waals surface area contributed by atoms with Crippen molar-refractivity contribution in [1.82, 2.24) is 9.21 Å². The molecular weight excluding hydrogens is 395 g/mol. The Labute approximate surface area is 169 Å². The smallest absolute Gasteiger partial charge is 0.243 e. The van der Waals surface area contributed by atoms with Crippen molar-refractivity contribution in [2.24, 2.45) is 0 Å². The molecular formula is C21H21FN2O4S. The summed E-state index contributed by atoms with van der Waals surface area (Å²) in [5, 5.41) is 0. The maximum absolute atomic E-state index is 13.1. The fourth-order valence-corrected chi connectivity index (χ4v) is 5.11. The van der Waals surface area contributed by atoms with Crippen LogP contribution in [0.3, 0.4) is 0 Å². The van der Waals surface area contributed by atoms with Crippen LogP contribution in [0.2, 0.25) is 0 Å². The number of hydrogen-bond acceptors (Lipinski definition) is 4. The molecule has 0 atom stereocenters. The van der Waals surface area contributed by atoms with Crippen molar-refractivity contribution < 1.29 is 22.3 Å². The number of amides is 1. The molecule has 0 aliphatic carbocycles. The number of halogens is 1. The summed E-state index contributed by atoms with van der Waals surface area (Å²) in [5.41, 5.74) is 2.85. The Kier molecular flexibility index (Phi) is 5.14. The highest BCUT2D eigenvalue weighted by Gasteiger charge is 2.37. The highest BCUT2D eigenvalue weighted by molar-refractivity contribution is 7.89. The van der Waals surface area contributed by atoms with Gasteiger partial charge in [0.25, 0.3) is 0 Å². The van der Waals surface area contributed by atoms with Crippen molar-refractivity contribution in [3.05, 3.63) is 71.1 Å². The molecule has 0 radical (unpaired) electrons. The molecule has 2 heterocycles. The average Bonchev–Trinajstić information content (AvgIpc) is 3.29. The maximum atomic E-state index is 13.1. The van der Waals surface area contributed by atoms with Gasteiger partial charge in [0.2, 0.25) is 15.9 Å². The molecule has 2 aliphatic heterocycles. The van der Waals surface area contributed by atoms with Gasteiger partial charge in [0.05, 0.1) is 18.4 Å². The number of nitrogens with zero attached hydrogens (tertiary/aromatic N) is 2. The van der Waals surface area contributed by atoms with E-state index in [2.05, 4.69) is 0 Å². The first kappa shape index (κ1) is 19.6. The topological polar surface area (TPSA) is 66.9 Å². The van der Waals surface area contributed by atoms with E-state index in [0.29, 0.717) is 19.5 Å². The lowest BCUT2D eigenvalue weighted by molar-refractivity contribution is -0.129. The van der Waals surface area contributed by atoms with Crippen LogP contribution in [-0.2, 0) is 21.2 Å². The molecule has 2 aliphatic rings. The lowest BCUT2D eigenvalue weighted by atomic mass is 10.1. The molecule has 6 nitrogen and oxygen atoms in total. The molecule has 0 bridgehead atoms. The second kappa shape index (κ2) is 7.61. The van der Waals surface area contributed by atoms with Crippen molar-refractivity contribution in [3.63, 3.8) is 0 Å². The fourth-order valence-electron chi connectivity index (χ4n) is 3.68. The maximum Gasteiger partial charge on any atom is 0.243 e. The lowest BCUT2D eigenvalue weighted by Crippen LogP contribution is -2.37. The second-order valence-corrected chi connectivity index (χ2v) is 9.15. The van der Waals surface area contributed by atoms with Crippen LogP contribution in [0, 0.1) is 5.82 Å². The molecule has 0 saturated heterocycles. The van der Waals surface area contributed by atoms with Crippen LogP contribution >= 0.6 is 0 Å². The summed E-state index contributed by atoms with van der Waals surface area (Å²) < 4.78 is 45.1. The van der Waals surface area contributed by atoms with Gasteiger partial charge >= 0.3 is 0 Å². The number of methoxy groups -OCH3 is 1. The predicted octanol–water partition coefficient (Wildman–Crippen LogP) is 2.22. The summed E-state index contributed by atoms with van der Waals surface area (Å²) in [7, 11) is -2.09. The number of hydrogen-bond donors (Lipinski definition) is 0. The molecule has 152 valence electrons. The van der Waals surface area contributed by atoms with Gasteiger partial charge in [-0.15, -0.1) is 0 Å². The van der Waals surface area contributed by atoms with Gasteiger partial charge in [0.15, 0.2) is 0 Å². The summed E-state index contributed by atoms with van der Waals surface area (Å²) in [6.45, 7) is 1.42. The zero-order valence-electron chi connectivity index (χ0n) is 16.0. The Bertz CT molecular complexity index is 1040. The van der Waals surface area contributed by atoms with E-state index in [9.17, 15) is 17.6 Å². The van der Waals surface area contributed by atoms with E-state index in [1.54, 1.807) is 12.0 Å². The van der Waals surface area contributed by atoms with Gasteiger partial charge in [0.1, 0.15) is 11.6 Å². The Hall–Kier alpha value is -2.71. The molecule has 0 aromatic heterocycles. The van der Waals surface area contributed by atoms with E-state index in [4.69, 9.17) is 4.74 Å². The average molecular weight is 416 g/mol. The van der Waals surface area contributed by atoms with Crippen molar-refractivity contribution >= 4 is 15.9 Å². The van der Waals surface area contributed by atoms with Gasteiger partial charge in [-0.3, -0.25) is 4.79 Å². The summed E-state index contributed by atoms with van der Waals surface area (Å²) in [6.07, 6.45) is 0.294. The fraction of sp³-hybridized carbons (Fsp3) is 0.286. The van der Waals surface area contributed by atoms with Crippen LogP contribution in [0.5, 0.6) is 5.75 Å². The number of benzene rings is 2. The van der Waals surface area contributed by atoms with Gasteiger partial charge in [-0.05, 0) is 53.1 Å². The molecule has 0 fully saturated rings. The third-order valence-corrected chi connectivity index (χ3v) is 7.12. The third-order valence-electron chi connectivity index (χ3n) is 5.32. The molecule has 0 saturated carbocycles. The summed E-state index contributed by atoms with van der Waals surface area (Å²) in [6, 6.07) is 12.2. The first-order valence-corrected chi connectivity index (χ1v) is 10.7.